The number of hydrogen-bond acceptors (Lipinski definition) is 4. The number of benzene rings is 1. The summed E-state index contributed by atoms with van der Waals surface area (Å²) in [5.41, 5.74) is 1.02. The van der Waals surface area contributed by atoms with Crippen LogP contribution in [0.4, 0.5) is 5.69 Å². The van der Waals surface area contributed by atoms with Gasteiger partial charge in [0.1, 0.15) is 0 Å². The Balaban J connectivity index is 1.76. The number of carbonyl (C=O) groups excluding carboxylic acids is 1. The molecule has 0 spiro atoms. The van der Waals surface area contributed by atoms with E-state index in [1.807, 2.05) is 0 Å². The molecule has 7 heteroatoms. The molecule has 1 aromatic carbocycles. The second-order valence-corrected chi connectivity index (χ2v) is 7.94. The molecule has 1 fully saturated rings. The van der Waals surface area contributed by atoms with Crippen molar-refractivity contribution in [1.29, 1.82) is 0 Å². The number of halogens is 1. The minimum Gasteiger partial charge on any atom is -0.465 e. The predicted octanol–water partition coefficient (Wildman–Crippen LogP) is 3.78. The molecule has 0 saturated carbocycles. The van der Waals surface area contributed by atoms with Crippen LogP contribution in [-0.4, -0.2) is 49.3 Å². The molecule has 0 bridgehead atoms. The Hall–Kier alpha value is -1.37. The van der Waals surface area contributed by atoms with E-state index in [0.717, 1.165) is 31.3 Å². The average molecular weight is 398 g/mol. The monoisotopic (exact) mass is 397 g/mol. The number of rotatable bonds is 6. The van der Waals surface area contributed by atoms with E-state index in [9.17, 15) is 4.79 Å². The fraction of sp³-hybridized carbons (Fsp3) is 0.579. The van der Waals surface area contributed by atoms with Gasteiger partial charge in [0.05, 0.1) is 23.4 Å². The van der Waals surface area contributed by atoms with Crippen LogP contribution >= 0.6 is 23.8 Å². The number of nitrogens with zero attached hydrogens (tertiary/aromatic N) is 1. The minimum atomic E-state index is -0.409. The summed E-state index contributed by atoms with van der Waals surface area (Å²) in [5.74, 6) is 1.14. The summed E-state index contributed by atoms with van der Waals surface area (Å²) in [6.07, 6.45) is 2.35. The van der Waals surface area contributed by atoms with Gasteiger partial charge >= 0.3 is 5.97 Å². The molecule has 1 aliphatic rings. The largest absolute Gasteiger partial charge is 0.465 e. The Morgan fingerprint density at radius 2 is 2.04 bits per heavy atom. The average Bonchev–Trinajstić information content (AvgIpc) is 2.59. The lowest BCUT2D eigenvalue weighted by atomic mass is 9.92. The summed E-state index contributed by atoms with van der Waals surface area (Å²) in [4.78, 5) is 14.2. The van der Waals surface area contributed by atoms with Crippen LogP contribution in [0.5, 0.6) is 0 Å². The van der Waals surface area contributed by atoms with E-state index in [0.29, 0.717) is 21.4 Å². The Bertz CT molecular complexity index is 631. The highest BCUT2D eigenvalue weighted by atomic mass is 35.5. The molecular formula is C19H28ClN3O2S. The van der Waals surface area contributed by atoms with Crippen LogP contribution in [0.15, 0.2) is 18.2 Å². The number of esters is 1. The third-order valence-corrected chi connectivity index (χ3v) is 5.09. The zero-order valence-electron chi connectivity index (χ0n) is 15.7. The van der Waals surface area contributed by atoms with E-state index in [2.05, 4.69) is 29.4 Å². The van der Waals surface area contributed by atoms with Gasteiger partial charge in [-0.05, 0) is 61.6 Å². The van der Waals surface area contributed by atoms with E-state index in [4.69, 9.17) is 28.6 Å². The lowest BCUT2D eigenvalue weighted by molar-refractivity contribution is 0.0601. The first-order valence-electron chi connectivity index (χ1n) is 9.04. The standard InChI is InChI=1S/C19H28ClN3O2S/c1-13-9-14(2)12-23(11-13)8-4-7-21-19(26)22-17-10-15(18(24)25-3)5-6-16(17)20/h5-6,10,13-14H,4,7-9,11-12H2,1-3H3,(H2,21,22,26). The molecule has 1 heterocycles. The number of carbonyl (C=O) groups is 1. The molecular weight excluding hydrogens is 370 g/mol. The molecule has 0 aromatic heterocycles. The number of thiocarbonyl (C=S) groups is 1. The molecule has 0 radical (unpaired) electrons. The highest BCUT2D eigenvalue weighted by Gasteiger charge is 2.21. The lowest BCUT2D eigenvalue weighted by Gasteiger charge is -2.35. The van der Waals surface area contributed by atoms with E-state index in [1.54, 1.807) is 18.2 Å². The maximum atomic E-state index is 11.6. The predicted molar refractivity (Wildman–Crippen MR) is 111 cm³/mol. The van der Waals surface area contributed by atoms with Crippen LogP contribution in [0, 0.1) is 11.8 Å². The first-order chi connectivity index (χ1) is 12.4. The zero-order valence-corrected chi connectivity index (χ0v) is 17.3. The number of nitrogens with one attached hydrogen (secondary N) is 2. The third-order valence-electron chi connectivity index (χ3n) is 4.52. The van der Waals surface area contributed by atoms with Gasteiger partial charge in [-0.25, -0.2) is 4.79 Å². The quantitative estimate of drug-likeness (QED) is 0.433. The first-order valence-corrected chi connectivity index (χ1v) is 9.82. The second kappa shape index (κ2) is 10.1. The number of hydrogen-bond donors (Lipinski definition) is 2. The van der Waals surface area contributed by atoms with Crippen LogP contribution in [-0.2, 0) is 4.74 Å². The van der Waals surface area contributed by atoms with Crippen molar-refractivity contribution in [3.05, 3.63) is 28.8 Å². The maximum Gasteiger partial charge on any atom is 0.337 e. The molecule has 1 aliphatic heterocycles. The van der Waals surface area contributed by atoms with Gasteiger partial charge < -0.3 is 20.3 Å². The zero-order chi connectivity index (χ0) is 19.1. The normalized spacial score (nSPS) is 20.5. The van der Waals surface area contributed by atoms with Gasteiger partial charge in [-0.15, -0.1) is 0 Å². The van der Waals surface area contributed by atoms with E-state index in [1.165, 1.54) is 26.6 Å². The van der Waals surface area contributed by atoms with Crippen LogP contribution in [0.1, 0.15) is 37.0 Å². The number of ether oxygens (including phenoxy) is 1. The lowest BCUT2D eigenvalue weighted by Crippen LogP contribution is -2.40. The molecule has 2 N–H and O–H groups in total. The van der Waals surface area contributed by atoms with Gasteiger partial charge in [0.25, 0.3) is 0 Å². The summed E-state index contributed by atoms with van der Waals surface area (Å²) < 4.78 is 4.73. The minimum absolute atomic E-state index is 0.409. The summed E-state index contributed by atoms with van der Waals surface area (Å²) >= 11 is 11.5. The molecule has 144 valence electrons. The molecule has 1 aromatic rings. The van der Waals surface area contributed by atoms with Crippen molar-refractivity contribution in [2.24, 2.45) is 11.8 Å². The second-order valence-electron chi connectivity index (χ2n) is 7.13. The third kappa shape index (κ3) is 6.41. The summed E-state index contributed by atoms with van der Waals surface area (Å²) in [6.45, 7) is 8.88. The van der Waals surface area contributed by atoms with Crippen LogP contribution in [0.3, 0.4) is 0 Å². The van der Waals surface area contributed by atoms with Crippen molar-refractivity contribution in [2.75, 3.05) is 38.6 Å². The smallest absolute Gasteiger partial charge is 0.337 e. The Labute approximate surface area is 166 Å². The van der Waals surface area contributed by atoms with Gasteiger partial charge in [0.15, 0.2) is 5.11 Å². The van der Waals surface area contributed by atoms with Crippen LogP contribution in [0.25, 0.3) is 0 Å². The van der Waals surface area contributed by atoms with Crippen molar-refractivity contribution in [2.45, 2.75) is 26.7 Å². The Morgan fingerprint density at radius 1 is 1.35 bits per heavy atom. The number of piperidine rings is 1. The molecule has 5 nitrogen and oxygen atoms in total. The van der Waals surface area contributed by atoms with Gasteiger partial charge in [-0.1, -0.05) is 25.4 Å². The highest BCUT2D eigenvalue weighted by Crippen LogP contribution is 2.23. The highest BCUT2D eigenvalue weighted by molar-refractivity contribution is 7.80. The van der Waals surface area contributed by atoms with Gasteiger partial charge in [-0.3, -0.25) is 0 Å². The molecule has 2 unspecified atom stereocenters. The molecule has 26 heavy (non-hydrogen) atoms. The van der Waals surface area contributed by atoms with Crippen molar-refractivity contribution < 1.29 is 9.53 Å². The Kier molecular flexibility index (Phi) is 8.13. The van der Waals surface area contributed by atoms with E-state index >= 15 is 0 Å². The number of likely N-dealkylation sites (tertiary alicyclic amines) is 1. The number of anilines is 1. The van der Waals surface area contributed by atoms with Gasteiger partial charge in [0.2, 0.25) is 0 Å². The number of methoxy groups -OCH3 is 1. The maximum absolute atomic E-state index is 11.6. The molecule has 0 amide bonds. The molecule has 0 aliphatic carbocycles. The van der Waals surface area contributed by atoms with Gasteiger partial charge in [0, 0.05) is 19.6 Å². The Morgan fingerprint density at radius 3 is 2.69 bits per heavy atom. The van der Waals surface area contributed by atoms with Crippen molar-refractivity contribution in [3.8, 4) is 0 Å². The SMILES string of the molecule is COC(=O)c1ccc(Cl)c(NC(=S)NCCCN2CC(C)CC(C)C2)c1. The van der Waals surface area contributed by atoms with Crippen LogP contribution < -0.4 is 10.6 Å². The van der Waals surface area contributed by atoms with Crippen molar-refractivity contribution in [3.63, 3.8) is 0 Å². The molecule has 1 saturated heterocycles. The topological polar surface area (TPSA) is 53.6 Å². The summed E-state index contributed by atoms with van der Waals surface area (Å²) in [5, 5.41) is 7.24. The molecule has 2 rings (SSSR count). The van der Waals surface area contributed by atoms with E-state index in [-0.39, 0.29) is 0 Å². The van der Waals surface area contributed by atoms with Crippen LogP contribution in [0.2, 0.25) is 5.02 Å². The van der Waals surface area contributed by atoms with Gasteiger partial charge in [-0.2, -0.15) is 0 Å². The van der Waals surface area contributed by atoms with Crippen molar-refractivity contribution in [1.82, 2.24) is 10.2 Å². The molecule has 2 atom stereocenters. The van der Waals surface area contributed by atoms with Crippen molar-refractivity contribution >= 4 is 40.6 Å². The summed E-state index contributed by atoms with van der Waals surface area (Å²) in [7, 11) is 1.35. The van der Waals surface area contributed by atoms with E-state index < -0.39 is 5.97 Å². The first kappa shape index (κ1) is 20.9. The fourth-order valence-corrected chi connectivity index (χ4v) is 3.89. The summed E-state index contributed by atoms with van der Waals surface area (Å²) in [6, 6.07) is 4.91. The fourth-order valence-electron chi connectivity index (χ4n) is 3.51.